The molecule has 0 N–H and O–H groups in total. The molecule has 0 aromatic heterocycles. The molecule has 2 aliphatic heterocycles. The van der Waals surface area contributed by atoms with Crippen molar-refractivity contribution in [3.05, 3.63) is 68.7 Å². The highest BCUT2D eigenvalue weighted by Gasteiger charge is 2.42. The quantitative estimate of drug-likeness (QED) is 0.747. The zero-order chi connectivity index (χ0) is 13.9. The van der Waals surface area contributed by atoms with Gasteiger partial charge >= 0.3 is 5.97 Å². The fraction of sp³-hybridized carbons (Fsp3) is 0.188. The van der Waals surface area contributed by atoms with Gasteiger partial charge in [-0.3, -0.25) is 0 Å². The molecule has 2 heterocycles. The van der Waals surface area contributed by atoms with Crippen LogP contribution in [0.1, 0.15) is 44.8 Å². The maximum Gasteiger partial charge on any atom is 0.337 e. The van der Waals surface area contributed by atoms with Crippen LogP contribution in [-0.4, -0.2) is 13.1 Å². The lowest BCUT2D eigenvalue weighted by Gasteiger charge is -2.16. The van der Waals surface area contributed by atoms with Gasteiger partial charge in [0.05, 0.1) is 12.7 Å². The van der Waals surface area contributed by atoms with Crippen molar-refractivity contribution < 1.29 is 14.3 Å². The Hall–Kier alpha value is -1.65. The summed E-state index contributed by atoms with van der Waals surface area (Å²) in [7, 11) is 1.39. The van der Waals surface area contributed by atoms with E-state index < -0.39 is 0 Å². The molecule has 0 aliphatic carbocycles. The zero-order valence-electron chi connectivity index (χ0n) is 10.7. The summed E-state index contributed by atoms with van der Waals surface area (Å²) in [5, 5.41) is 0. The number of methoxy groups -OCH3 is 1. The molecule has 100 valence electrons. The predicted octanol–water partition coefficient (Wildman–Crippen LogP) is 3.76. The highest BCUT2D eigenvalue weighted by molar-refractivity contribution is 9.10. The third kappa shape index (κ3) is 1.52. The zero-order valence-corrected chi connectivity index (χ0v) is 12.3. The molecule has 0 radical (unpaired) electrons. The summed E-state index contributed by atoms with van der Waals surface area (Å²) >= 11 is 3.50. The Morgan fingerprint density at radius 3 is 2.40 bits per heavy atom. The number of ether oxygens (including phenoxy) is 2. The monoisotopic (exact) mass is 330 g/mol. The summed E-state index contributed by atoms with van der Waals surface area (Å²) < 4.78 is 11.9. The molecule has 0 spiro atoms. The molecule has 2 atom stereocenters. The number of hydrogen-bond donors (Lipinski definition) is 0. The van der Waals surface area contributed by atoms with Crippen molar-refractivity contribution in [2.45, 2.75) is 12.2 Å². The van der Waals surface area contributed by atoms with Crippen molar-refractivity contribution in [2.75, 3.05) is 7.11 Å². The average molecular weight is 331 g/mol. The van der Waals surface area contributed by atoms with Crippen LogP contribution in [0, 0.1) is 0 Å². The molecule has 2 unspecified atom stereocenters. The van der Waals surface area contributed by atoms with E-state index in [0.29, 0.717) is 5.56 Å². The minimum Gasteiger partial charge on any atom is -0.465 e. The van der Waals surface area contributed by atoms with E-state index in [9.17, 15) is 4.79 Å². The second-order valence-electron chi connectivity index (χ2n) is 5.00. The van der Waals surface area contributed by atoms with E-state index in [1.54, 1.807) is 6.07 Å². The highest BCUT2D eigenvalue weighted by Crippen LogP contribution is 2.54. The molecule has 0 amide bonds. The highest BCUT2D eigenvalue weighted by atomic mass is 79.9. The van der Waals surface area contributed by atoms with Crippen LogP contribution in [-0.2, 0) is 9.47 Å². The summed E-state index contributed by atoms with van der Waals surface area (Å²) in [4.78, 5) is 11.6. The first-order valence-electron chi connectivity index (χ1n) is 6.36. The largest absolute Gasteiger partial charge is 0.465 e. The number of carbonyl (C=O) groups excluding carboxylic acids is 1. The normalized spacial score (nSPS) is 21.5. The Morgan fingerprint density at radius 2 is 1.70 bits per heavy atom. The molecule has 0 saturated carbocycles. The van der Waals surface area contributed by atoms with Crippen LogP contribution in [0.4, 0.5) is 0 Å². The van der Waals surface area contributed by atoms with E-state index in [0.717, 1.165) is 15.6 Å². The number of hydrogen-bond acceptors (Lipinski definition) is 3. The first-order chi connectivity index (χ1) is 9.69. The van der Waals surface area contributed by atoms with Crippen molar-refractivity contribution in [2.24, 2.45) is 0 Å². The van der Waals surface area contributed by atoms with Gasteiger partial charge < -0.3 is 9.47 Å². The molecule has 4 rings (SSSR count). The Kier molecular flexibility index (Phi) is 2.53. The van der Waals surface area contributed by atoms with Crippen molar-refractivity contribution in [3.8, 4) is 0 Å². The minimum atomic E-state index is -0.313. The van der Waals surface area contributed by atoms with Gasteiger partial charge in [-0.05, 0) is 46.5 Å². The number of carbonyl (C=O) groups is 1. The molecule has 0 saturated heterocycles. The van der Waals surface area contributed by atoms with Crippen LogP contribution in [0.5, 0.6) is 0 Å². The SMILES string of the molecule is COC(=O)c1ccc2c(c1)C1OC2c2cc(Br)ccc21. The Labute approximate surface area is 124 Å². The lowest BCUT2D eigenvalue weighted by molar-refractivity contribution is 0.0600. The molecular formula is C16H11BrO3. The topological polar surface area (TPSA) is 35.5 Å². The van der Waals surface area contributed by atoms with Gasteiger partial charge in [-0.1, -0.05) is 28.1 Å². The average Bonchev–Trinajstić information content (AvgIpc) is 3.02. The Balaban J connectivity index is 1.85. The number of benzene rings is 2. The van der Waals surface area contributed by atoms with Crippen molar-refractivity contribution in [1.82, 2.24) is 0 Å². The first kappa shape index (κ1) is 12.1. The third-order valence-corrected chi connectivity index (χ3v) is 4.45. The summed E-state index contributed by atoms with van der Waals surface area (Å²) in [5.41, 5.74) is 5.19. The van der Waals surface area contributed by atoms with E-state index in [1.165, 1.54) is 18.2 Å². The van der Waals surface area contributed by atoms with Crippen LogP contribution in [0.2, 0.25) is 0 Å². The molecular weight excluding hydrogens is 320 g/mol. The second kappa shape index (κ2) is 4.17. The van der Waals surface area contributed by atoms with E-state index in [4.69, 9.17) is 9.47 Å². The van der Waals surface area contributed by atoms with E-state index >= 15 is 0 Å². The van der Waals surface area contributed by atoms with Gasteiger partial charge in [0.2, 0.25) is 0 Å². The van der Waals surface area contributed by atoms with Crippen molar-refractivity contribution in [3.63, 3.8) is 0 Å². The van der Waals surface area contributed by atoms with Gasteiger partial charge in [0, 0.05) is 4.47 Å². The summed E-state index contributed by atoms with van der Waals surface area (Å²) in [6.45, 7) is 0. The Bertz CT molecular complexity index is 738. The predicted molar refractivity (Wildman–Crippen MR) is 76.7 cm³/mol. The van der Waals surface area contributed by atoms with Crippen molar-refractivity contribution >= 4 is 21.9 Å². The minimum absolute atomic E-state index is 0.0193. The summed E-state index contributed by atoms with van der Waals surface area (Å²) in [5.74, 6) is -0.313. The fourth-order valence-electron chi connectivity index (χ4n) is 3.06. The molecule has 3 nitrogen and oxygen atoms in total. The summed E-state index contributed by atoms with van der Waals surface area (Å²) in [6, 6.07) is 11.9. The molecule has 20 heavy (non-hydrogen) atoms. The standard InChI is InChI=1S/C16H11BrO3/c1-19-16(18)8-2-4-10-12(6-8)14-11-5-3-9(17)7-13(11)15(10)20-14/h2-7,14-15H,1H3. The smallest absolute Gasteiger partial charge is 0.337 e. The van der Waals surface area contributed by atoms with Crippen LogP contribution < -0.4 is 0 Å². The molecule has 2 aliphatic rings. The molecule has 4 heteroatoms. The first-order valence-corrected chi connectivity index (χ1v) is 7.15. The molecule has 2 aromatic carbocycles. The van der Waals surface area contributed by atoms with Gasteiger partial charge in [0.1, 0.15) is 12.2 Å². The van der Waals surface area contributed by atoms with Gasteiger partial charge in [-0.25, -0.2) is 4.79 Å². The van der Waals surface area contributed by atoms with Crippen molar-refractivity contribution in [1.29, 1.82) is 0 Å². The summed E-state index contributed by atoms with van der Waals surface area (Å²) in [6.07, 6.45) is -0.0862. The van der Waals surface area contributed by atoms with Gasteiger partial charge in [-0.15, -0.1) is 0 Å². The lowest BCUT2D eigenvalue weighted by atomic mass is 9.85. The fourth-order valence-corrected chi connectivity index (χ4v) is 3.44. The van der Waals surface area contributed by atoms with Gasteiger partial charge in [-0.2, -0.15) is 0 Å². The van der Waals surface area contributed by atoms with E-state index in [2.05, 4.69) is 28.1 Å². The number of fused-ring (bicyclic) bond motifs is 8. The lowest BCUT2D eigenvalue weighted by Crippen LogP contribution is -2.07. The van der Waals surface area contributed by atoms with Crippen LogP contribution in [0.3, 0.4) is 0 Å². The van der Waals surface area contributed by atoms with E-state index in [-0.39, 0.29) is 18.2 Å². The molecule has 2 aromatic rings. The number of rotatable bonds is 1. The van der Waals surface area contributed by atoms with Crippen LogP contribution >= 0.6 is 15.9 Å². The van der Waals surface area contributed by atoms with Gasteiger partial charge in [0.25, 0.3) is 0 Å². The van der Waals surface area contributed by atoms with Gasteiger partial charge in [0.15, 0.2) is 0 Å². The maximum atomic E-state index is 11.6. The van der Waals surface area contributed by atoms with Crippen LogP contribution in [0.15, 0.2) is 40.9 Å². The van der Waals surface area contributed by atoms with E-state index in [1.807, 2.05) is 18.2 Å². The maximum absolute atomic E-state index is 11.6. The molecule has 0 fully saturated rings. The van der Waals surface area contributed by atoms with Crippen LogP contribution in [0.25, 0.3) is 0 Å². The molecule has 2 bridgehead atoms. The number of halogens is 1. The third-order valence-electron chi connectivity index (χ3n) is 3.96. The number of esters is 1. The Morgan fingerprint density at radius 1 is 1.05 bits per heavy atom. The second-order valence-corrected chi connectivity index (χ2v) is 5.92.